The van der Waals surface area contributed by atoms with Gasteiger partial charge in [-0.05, 0) is 79.9 Å². The molecule has 0 bridgehead atoms. The van der Waals surface area contributed by atoms with Gasteiger partial charge in [0.15, 0.2) is 23.0 Å². The van der Waals surface area contributed by atoms with Gasteiger partial charge in [-0.1, -0.05) is 255 Å². The second-order valence-corrected chi connectivity index (χ2v) is 24.7. The van der Waals surface area contributed by atoms with Crippen molar-refractivity contribution in [3.05, 3.63) is 335 Å². The number of amides is 2. The smallest absolute Gasteiger partial charge is 0.485 e. The molecule has 480 valence electrons. The molecule has 2 N–H and O–H groups in total. The second kappa shape index (κ2) is 34.5. The lowest BCUT2D eigenvalue weighted by atomic mass is 10.0. The second-order valence-electron chi connectivity index (χ2n) is 21.5. The van der Waals surface area contributed by atoms with Gasteiger partial charge in [0.25, 0.3) is 0 Å². The summed E-state index contributed by atoms with van der Waals surface area (Å²) >= 11 is 0. The van der Waals surface area contributed by atoms with E-state index in [2.05, 4.69) is 10.6 Å². The Morgan fingerprint density at radius 3 is 0.915 bits per heavy atom. The van der Waals surface area contributed by atoms with E-state index in [1.54, 1.807) is 60.7 Å². The van der Waals surface area contributed by atoms with Crippen LogP contribution >= 0.6 is 15.6 Å². The summed E-state index contributed by atoms with van der Waals surface area (Å²) in [6.07, 6.45) is -1.34. The number of alkyl carbamates (subject to hydrolysis) is 1. The first kappa shape index (κ1) is 66.8. The Kier molecular flexibility index (Phi) is 24.6. The lowest BCUT2D eigenvalue weighted by molar-refractivity contribution is -0.149. The third-order valence-electron chi connectivity index (χ3n) is 14.4. The lowest BCUT2D eigenvalue weighted by Gasteiger charge is -2.24. The number of benzene rings is 10. The summed E-state index contributed by atoms with van der Waals surface area (Å²) in [4.78, 5) is 43.8. The fraction of sp³-hybridized carbons (Fsp3) is 0.160. The van der Waals surface area contributed by atoms with Crippen LogP contribution in [0.4, 0.5) is 4.79 Å². The number of hydrogen-bond acceptors (Lipinski definition) is 15. The van der Waals surface area contributed by atoms with Crippen LogP contribution in [0.2, 0.25) is 0 Å². The van der Waals surface area contributed by atoms with Gasteiger partial charge in [-0.15, -0.1) is 0 Å². The quantitative estimate of drug-likeness (QED) is 0.0285. The maximum atomic E-state index is 15.2. The fourth-order valence-electron chi connectivity index (χ4n) is 9.42. The number of carbonyl (C=O) groups is 3. The van der Waals surface area contributed by atoms with Crippen molar-refractivity contribution < 1.29 is 69.6 Å². The van der Waals surface area contributed by atoms with Crippen LogP contribution in [0.1, 0.15) is 55.6 Å². The first-order valence-electron chi connectivity index (χ1n) is 30.4. The number of ether oxygens (including phenoxy) is 4. The fourth-order valence-corrected chi connectivity index (χ4v) is 11.8. The normalized spacial score (nSPS) is 11.9. The van der Waals surface area contributed by atoms with Gasteiger partial charge in [-0.2, -0.15) is 0 Å². The molecule has 10 aromatic carbocycles. The number of hydrogen-bond donors (Lipinski definition) is 2. The molecule has 10 rings (SSSR count). The van der Waals surface area contributed by atoms with E-state index in [1.165, 1.54) is 12.1 Å². The Morgan fingerprint density at radius 2 is 0.585 bits per heavy atom. The van der Waals surface area contributed by atoms with Crippen LogP contribution in [0.25, 0.3) is 0 Å². The summed E-state index contributed by atoms with van der Waals surface area (Å²) in [6, 6.07) is 80.1. The van der Waals surface area contributed by atoms with E-state index in [4.69, 9.17) is 46.1 Å². The zero-order chi connectivity index (χ0) is 65.1. The molecule has 19 heteroatoms. The summed E-state index contributed by atoms with van der Waals surface area (Å²) in [5.41, 5.74) is 6.74. The van der Waals surface area contributed by atoms with Gasteiger partial charge in [0.05, 0.1) is 26.4 Å². The van der Waals surface area contributed by atoms with Crippen molar-refractivity contribution in [2.45, 2.75) is 77.8 Å². The predicted molar refractivity (Wildman–Crippen MR) is 355 cm³/mol. The molecule has 0 unspecified atom stereocenters. The maximum absolute atomic E-state index is 15.2. The van der Waals surface area contributed by atoms with Crippen LogP contribution in [0.5, 0.6) is 23.0 Å². The standard InChI is InChI=1S/C75H70N2O15P2/c78-73(67(77-75(80)86-52-60-31-15-4-16-32-60)45-65-41-43-69(71(47-65)83-49-57-25-9-1-10-26-57)91-93(81,87-53-61-33-17-5-18-34-61)88-54-62-35-19-6-20-36-62)76-68(74(79)85-51-59-29-13-3-14-30-59)46-66-42-44-70(72(48-66)84-50-58-27-11-2-12-28-58)92-94(82,89-55-63-37-21-7-22-38-63)90-56-64-39-23-8-24-40-64/h1-44,47-48,67-68H,45-46,49-56H2,(H,76,78)(H,77,80)/t67-,68-/m0/s1. The van der Waals surface area contributed by atoms with Gasteiger partial charge >= 0.3 is 27.7 Å². The summed E-state index contributed by atoms with van der Waals surface area (Å²) in [6.45, 7) is -0.630. The van der Waals surface area contributed by atoms with E-state index in [0.717, 1.165) is 33.4 Å². The Balaban J connectivity index is 0.964. The third kappa shape index (κ3) is 21.5. The summed E-state index contributed by atoms with van der Waals surface area (Å²) in [7, 11) is -8.89. The monoisotopic (exact) mass is 1300 g/mol. The Morgan fingerprint density at radius 1 is 0.298 bits per heavy atom. The molecule has 10 aromatic rings. The highest BCUT2D eigenvalue weighted by Gasteiger charge is 2.34. The SMILES string of the molecule is O=C(N[C@@H](Cc1ccc(OP(=O)(OCc2ccccc2)OCc2ccccc2)c(OCc2ccccc2)c1)C(=O)N[C@@H](Cc1ccc(OP(=O)(OCc2ccccc2)OCc2ccccc2)c(OCc2ccccc2)c1)C(=O)OCc1ccccc1)OCc1ccccc1. The van der Waals surface area contributed by atoms with Gasteiger partial charge < -0.3 is 38.6 Å². The average molecular weight is 1300 g/mol. The number of carbonyl (C=O) groups excluding carboxylic acids is 3. The number of phosphoric ester groups is 2. The van der Waals surface area contributed by atoms with Crippen molar-refractivity contribution in [1.82, 2.24) is 10.6 Å². The number of rotatable bonds is 34. The molecule has 0 spiro atoms. The Labute approximate surface area is 546 Å². The predicted octanol–water partition coefficient (Wildman–Crippen LogP) is 16.0. The topological polar surface area (TPSA) is 202 Å². The summed E-state index contributed by atoms with van der Waals surface area (Å²) in [5, 5.41) is 5.63. The molecule has 0 saturated heterocycles. The molecule has 0 aromatic heterocycles. The molecule has 0 aliphatic carbocycles. The summed E-state index contributed by atoms with van der Waals surface area (Å²) in [5.74, 6) is -1.41. The van der Waals surface area contributed by atoms with Crippen molar-refractivity contribution in [2.75, 3.05) is 0 Å². The number of esters is 1. The largest absolute Gasteiger partial charge is 0.530 e. The van der Waals surface area contributed by atoms with Crippen LogP contribution in [-0.2, 0) is 112 Å². The zero-order valence-electron chi connectivity index (χ0n) is 51.3. The van der Waals surface area contributed by atoms with E-state index < -0.39 is 45.7 Å². The average Bonchev–Trinajstić information content (AvgIpc) is 0.952. The van der Waals surface area contributed by atoms with Gasteiger partial charge in [0, 0.05) is 12.8 Å². The Hall–Kier alpha value is -10.1. The van der Waals surface area contributed by atoms with Crippen molar-refractivity contribution in [3.8, 4) is 23.0 Å². The van der Waals surface area contributed by atoms with Crippen molar-refractivity contribution in [1.29, 1.82) is 0 Å². The van der Waals surface area contributed by atoms with E-state index >= 15 is 4.79 Å². The van der Waals surface area contributed by atoms with Crippen LogP contribution < -0.4 is 29.2 Å². The van der Waals surface area contributed by atoms with Crippen molar-refractivity contribution in [3.63, 3.8) is 0 Å². The summed E-state index contributed by atoms with van der Waals surface area (Å²) < 4.78 is 90.7. The maximum Gasteiger partial charge on any atom is 0.530 e. The first-order chi connectivity index (χ1) is 46.0. The molecular weight excluding hydrogens is 1230 g/mol. The zero-order valence-corrected chi connectivity index (χ0v) is 53.1. The third-order valence-corrected chi connectivity index (χ3v) is 17.0. The molecular formula is C75H70N2O15P2. The van der Waals surface area contributed by atoms with E-state index in [9.17, 15) is 18.7 Å². The van der Waals surface area contributed by atoms with Crippen LogP contribution in [0.15, 0.2) is 279 Å². The first-order valence-corrected chi connectivity index (χ1v) is 33.3. The number of nitrogens with one attached hydrogen (secondary N) is 2. The van der Waals surface area contributed by atoms with Crippen LogP contribution in [-0.4, -0.2) is 30.1 Å². The van der Waals surface area contributed by atoms with Crippen LogP contribution in [0, 0.1) is 0 Å². The molecule has 0 radical (unpaired) electrons. The van der Waals surface area contributed by atoms with Crippen LogP contribution in [0.3, 0.4) is 0 Å². The molecule has 2 atom stereocenters. The molecule has 0 aliphatic rings. The molecule has 2 amide bonds. The minimum absolute atomic E-state index is 0.000398. The van der Waals surface area contributed by atoms with E-state index in [0.29, 0.717) is 22.3 Å². The minimum atomic E-state index is -4.45. The highest BCUT2D eigenvalue weighted by molar-refractivity contribution is 7.49. The highest BCUT2D eigenvalue weighted by atomic mass is 31.2. The van der Waals surface area contributed by atoms with E-state index in [1.807, 2.05) is 206 Å². The molecule has 0 heterocycles. The van der Waals surface area contributed by atoms with Gasteiger partial charge in [0.2, 0.25) is 5.91 Å². The minimum Gasteiger partial charge on any atom is -0.485 e. The molecule has 0 saturated carbocycles. The molecule has 0 fully saturated rings. The Bertz CT molecular complexity index is 3980. The lowest BCUT2D eigenvalue weighted by Crippen LogP contribution is -2.53. The molecule has 17 nitrogen and oxygen atoms in total. The number of phosphoric acid groups is 2. The van der Waals surface area contributed by atoms with Gasteiger partial charge in [-0.3, -0.25) is 22.9 Å². The molecule has 94 heavy (non-hydrogen) atoms. The van der Waals surface area contributed by atoms with Gasteiger partial charge in [-0.25, -0.2) is 18.7 Å². The highest BCUT2D eigenvalue weighted by Crippen LogP contribution is 2.54. The molecule has 0 aliphatic heterocycles. The van der Waals surface area contributed by atoms with Crippen molar-refractivity contribution >= 4 is 33.6 Å². The van der Waals surface area contributed by atoms with Crippen molar-refractivity contribution in [2.24, 2.45) is 0 Å². The van der Waals surface area contributed by atoms with Gasteiger partial charge in [0.1, 0.15) is 38.5 Å². The van der Waals surface area contributed by atoms with E-state index in [-0.39, 0.29) is 88.7 Å².